The largest absolute Gasteiger partial charge is 0.324 e. The molecular weight excluding hydrogens is 436 g/mol. The molecule has 5 nitrogen and oxygen atoms in total. The molecule has 0 aliphatic carbocycles. The zero-order valence-corrected chi connectivity index (χ0v) is 18.2. The topological polar surface area (TPSA) is 59.3 Å². The van der Waals surface area contributed by atoms with Crippen LogP contribution in [0.3, 0.4) is 0 Å². The van der Waals surface area contributed by atoms with Crippen molar-refractivity contribution in [1.29, 1.82) is 0 Å². The Labute approximate surface area is 175 Å². The van der Waals surface area contributed by atoms with Crippen LogP contribution in [0.2, 0.25) is 0 Å². The van der Waals surface area contributed by atoms with Crippen LogP contribution in [-0.4, -0.2) is 26.3 Å². The van der Waals surface area contributed by atoms with Gasteiger partial charge in [-0.15, -0.1) is 10.2 Å². The molecule has 0 atom stereocenters. The maximum atomic E-state index is 12.4. The zero-order valence-electron chi connectivity index (χ0n) is 15.8. The van der Waals surface area contributed by atoms with Gasteiger partial charge in [-0.2, -0.15) is 0 Å². The van der Waals surface area contributed by atoms with Crippen molar-refractivity contribution in [2.45, 2.75) is 25.9 Å². The molecule has 7 heteroatoms. The second kappa shape index (κ2) is 7.56. The molecular formula is C21H19BrN4OS. The lowest BCUT2D eigenvalue weighted by atomic mass is 10.0. The highest BCUT2D eigenvalue weighted by Crippen LogP contribution is 2.29. The van der Waals surface area contributed by atoms with Gasteiger partial charge in [0.2, 0.25) is 5.91 Å². The summed E-state index contributed by atoms with van der Waals surface area (Å²) in [6.07, 6.45) is 0. The first-order valence-electron chi connectivity index (χ1n) is 8.87. The molecule has 2 heterocycles. The summed E-state index contributed by atoms with van der Waals surface area (Å²) in [6.45, 7) is 6.29. The number of hydrogen-bond donors (Lipinski definition) is 1. The number of para-hydroxylation sites is 1. The van der Waals surface area contributed by atoms with Gasteiger partial charge in [0.1, 0.15) is 0 Å². The van der Waals surface area contributed by atoms with Crippen molar-refractivity contribution < 1.29 is 4.79 Å². The van der Waals surface area contributed by atoms with Gasteiger partial charge < -0.3 is 5.32 Å². The van der Waals surface area contributed by atoms with Crippen LogP contribution in [-0.2, 0) is 4.79 Å². The number of benzene rings is 2. The number of rotatable bonds is 4. The fourth-order valence-corrected chi connectivity index (χ4v) is 4.51. The molecule has 28 heavy (non-hydrogen) atoms. The van der Waals surface area contributed by atoms with Gasteiger partial charge in [0.25, 0.3) is 0 Å². The fraction of sp³-hybridized carbons (Fsp3) is 0.190. The van der Waals surface area contributed by atoms with E-state index < -0.39 is 0 Å². The first-order valence-corrected chi connectivity index (χ1v) is 10.6. The molecule has 142 valence electrons. The number of nitrogens with zero attached hydrogens (tertiary/aromatic N) is 3. The Bertz CT molecular complexity index is 1220. The van der Waals surface area contributed by atoms with E-state index in [1.807, 2.05) is 34.7 Å². The fourth-order valence-electron chi connectivity index (χ4n) is 3.39. The lowest BCUT2D eigenvalue weighted by Gasteiger charge is -2.11. The van der Waals surface area contributed by atoms with E-state index in [1.54, 1.807) is 0 Å². The van der Waals surface area contributed by atoms with E-state index in [0.717, 1.165) is 21.3 Å². The molecule has 0 saturated heterocycles. The van der Waals surface area contributed by atoms with Gasteiger partial charge in [0, 0.05) is 9.86 Å². The van der Waals surface area contributed by atoms with Gasteiger partial charge in [-0.3, -0.25) is 9.20 Å². The minimum atomic E-state index is -0.0855. The lowest BCUT2D eigenvalue weighted by molar-refractivity contribution is -0.113. The van der Waals surface area contributed by atoms with E-state index in [9.17, 15) is 4.79 Å². The summed E-state index contributed by atoms with van der Waals surface area (Å²) in [7, 11) is 0. The summed E-state index contributed by atoms with van der Waals surface area (Å²) >= 11 is 4.83. The molecule has 1 N–H and O–H groups in total. The molecule has 4 rings (SSSR count). The predicted molar refractivity (Wildman–Crippen MR) is 118 cm³/mol. The van der Waals surface area contributed by atoms with Crippen molar-refractivity contribution in [3.63, 3.8) is 0 Å². The van der Waals surface area contributed by atoms with Crippen molar-refractivity contribution in [1.82, 2.24) is 14.6 Å². The molecule has 0 aliphatic rings. The number of anilines is 1. The van der Waals surface area contributed by atoms with E-state index in [2.05, 4.69) is 64.3 Å². The maximum absolute atomic E-state index is 12.4. The Morgan fingerprint density at radius 2 is 1.89 bits per heavy atom. The highest BCUT2D eigenvalue weighted by atomic mass is 79.9. The number of halogens is 1. The van der Waals surface area contributed by atoms with Crippen LogP contribution in [0, 0.1) is 20.8 Å². The average Bonchev–Trinajstić information content (AvgIpc) is 3.04. The molecule has 2 aromatic carbocycles. The number of aryl methyl sites for hydroxylation is 3. The Hall–Kier alpha value is -2.38. The van der Waals surface area contributed by atoms with Crippen molar-refractivity contribution in [2.75, 3.05) is 11.1 Å². The molecule has 0 saturated carbocycles. The highest BCUT2D eigenvalue weighted by molar-refractivity contribution is 9.10. The molecule has 4 aromatic rings. The third-order valence-electron chi connectivity index (χ3n) is 4.58. The number of pyridine rings is 1. The second-order valence-electron chi connectivity index (χ2n) is 6.80. The molecule has 0 aliphatic heterocycles. The minimum Gasteiger partial charge on any atom is -0.324 e. The van der Waals surface area contributed by atoms with E-state index in [4.69, 9.17) is 0 Å². The summed E-state index contributed by atoms with van der Waals surface area (Å²) in [4.78, 5) is 12.4. The first-order chi connectivity index (χ1) is 13.4. The predicted octanol–water partition coefficient (Wildman–Crippen LogP) is 5.30. The van der Waals surface area contributed by atoms with E-state index in [-0.39, 0.29) is 11.7 Å². The molecule has 0 fully saturated rings. The van der Waals surface area contributed by atoms with Crippen LogP contribution in [0.15, 0.2) is 52.1 Å². The Balaban J connectivity index is 1.65. The van der Waals surface area contributed by atoms with Crippen LogP contribution in [0.4, 0.5) is 5.69 Å². The van der Waals surface area contributed by atoms with Crippen LogP contribution in [0.25, 0.3) is 16.6 Å². The average molecular weight is 455 g/mol. The van der Waals surface area contributed by atoms with Gasteiger partial charge in [-0.1, -0.05) is 35.5 Å². The van der Waals surface area contributed by atoms with E-state index in [0.29, 0.717) is 5.16 Å². The molecule has 0 radical (unpaired) electrons. The van der Waals surface area contributed by atoms with Crippen LogP contribution >= 0.6 is 27.7 Å². The van der Waals surface area contributed by atoms with E-state index in [1.165, 1.54) is 33.8 Å². The van der Waals surface area contributed by atoms with Gasteiger partial charge in [-0.25, -0.2) is 0 Å². The quantitative estimate of drug-likeness (QED) is 0.425. The standard InChI is InChI=1S/C21H19BrN4OS/c1-12-8-14(3)20-15(9-12)13(2)10-18-24-25-21(26(18)20)28-11-19(27)23-17-7-5-4-6-16(17)22/h4-10H,11H2,1-3H3,(H,23,27). The van der Waals surface area contributed by atoms with Crippen molar-refractivity contribution in [2.24, 2.45) is 0 Å². The van der Waals surface area contributed by atoms with Crippen LogP contribution in [0.5, 0.6) is 0 Å². The highest BCUT2D eigenvalue weighted by Gasteiger charge is 2.15. The summed E-state index contributed by atoms with van der Waals surface area (Å²) in [5.74, 6) is 0.167. The van der Waals surface area contributed by atoms with Crippen molar-refractivity contribution in [3.8, 4) is 0 Å². The molecule has 1 amide bonds. The van der Waals surface area contributed by atoms with Crippen molar-refractivity contribution >= 4 is 55.8 Å². The molecule has 0 spiro atoms. The molecule has 0 bridgehead atoms. The van der Waals surface area contributed by atoms with Gasteiger partial charge >= 0.3 is 0 Å². The summed E-state index contributed by atoms with van der Waals surface area (Å²) < 4.78 is 2.90. The Morgan fingerprint density at radius 3 is 2.68 bits per heavy atom. The lowest BCUT2D eigenvalue weighted by Crippen LogP contribution is -2.14. The number of fused-ring (bicyclic) bond motifs is 3. The number of amides is 1. The Kier molecular flexibility index (Phi) is 5.12. The summed E-state index contributed by atoms with van der Waals surface area (Å²) in [5, 5.41) is 13.5. The summed E-state index contributed by atoms with van der Waals surface area (Å²) in [5.41, 5.74) is 6.21. The van der Waals surface area contributed by atoms with Gasteiger partial charge in [0.15, 0.2) is 10.8 Å². The smallest absolute Gasteiger partial charge is 0.234 e. The van der Waals surface area contributed by atoms with Crippen LogP contribution in [0.1, 0.15) is 16.7 Å². The van der Waals surface area contributed by atoms with Gasteiger partial charge in [0.05, 0.1) is 17.0 Å². The first kappa shape index (κ1) is 19.0. The zero-order chi connectivity index (χ0) is 19.8. The van der Waals surface area contributed by atoms with Crippen LogP contribution < -0.4 is 5.32 Å². The van der Waals surface area contributed by atoms with Gasteiger partial charge in [-0.05, 0) is 72.1 Å². The number of carbonyl (C=O) groups excluding carboxylic acids is 1. The number of thioether (sulfide) groups is 1. The third-order valence-corrected chi connectivity index (χ3v) is 6.20. The minimum absolute atomic E-state index is 0.0855. The SMILES string of the molecule is Cc1cc(C)c2c(c1)c(C)cc1nnc(SCC(=O)Nc3ccccc3Br)n12. The normalized spacial score (nSPS) is 11.3. The maximum Gasteiger partial charge on any atom is 0.234 e. The summed E-state index contributed by atoms with van der Waals surface area (Å²) in [6, 6.07) is 13.9. The number of carbonyl (C=O) groups is 1. The van der Waals surface area contributed by atoms with Crippen molar-refractivity contribution in [3.05, 3.63) is 63.6 Å². The number of nitrogens with one attached hydrogen (secondary N) is 1. The monoisotopic (exact) mass is 454 g/mol. The third kappa shape index (κ3) is 3.52. The molecule has 2 aromatic heterocycles. The number of aromatic nitrogens is 3. The van der Waals surface area contributed by atoms with E-state index >= 15 is 0 Å². The number of hydrogen-bond acceptors (Lipinski definition) is 4. The second-order valence-corrected chi connectivity index (χ2v) is 8.60. The molecule has 0 unspecified atom stereocenters. The Morgan fingerprint density at radius 1 is 1.11 bits per heavy atom.